The van der Waals surface area contributed by atoms with Gasteiger partial charge in [0.2, 0.25) is 0 Å². The summed E-state index contributed by atoms with van der Waals surface area (Å²) in [6, 6.07) is 5.71. The molecule has 0 spiro atoms. The van der Waals surface area contributed by atoms with Gasteiger partial charge in [-0.25, -0.2) is 0 Å². The zero-order chi connectivity index (χ0) is 11.5. The minimum absolute atomic E-state index is 0.143. The Morgan fingerprint density at radius 3 is 2.81 bits per heavy atom. The highest BCUT2D eigenvalue weighted by Gasteiger charge is 2.24. The molecule has 2 atom stereocenters. The molecule has 16 heavy (non-hydrogen) atoms. The normalized spacial score (nSPS) is 24.4. The Labute approximate surface area is 100 Å². The lowest BCUT2D eigenvalue weighted by Crippen LogP contribution is -2.27. The number of nitrogens with one attached hydrogen (secondary N) is 1. The van der Waals surface area contributed by atoms with Crippen molar-refractivity contribution in [1.29, 1.82) is 0 Å². The van der Waals surface area contributed by atoms with Crippen molar-refractivity contribution in [1.82, 2.24) is 0 Å². The van der Waals surface area contributed by atoms with Crippen LogP contribution in [-0.2, 0) is 0 Å². The van der Waals surface area contributed by atoms with Gasteiger partial charge in [-0.1, -0.05) is 11.6 Å². The molecule has 1 saturated carbocycles. The van der Waals surface area contributed by atoms with Crippen molar-refractivity contribution >= 4 is 17.3 Å². The summed E-state index contributed by atoms with van der Waals surface area (Å²) in [4.78, 5) is 0. The summed E-state index contributed by atoms with van der Waals surface area (Å²) in [6.45, 7) is 0. The molecule has 3 nitrogen and oxygen atoms in total. The molecule has 88 valence electrons. The van der Waals surface area contributed by atoms with Crippen LogP contribution in [0.3, 0.4) is 0 Å². The van der Waals surface area contributed by atoms with Crippen molar-refractivity contribution < 1.29 is 9.84 Å². The van der Waals surface area contributed by atoms with Crippen LogP contribution < -0.4 is 10.1 Å². The second-order valence-electron chi connectivity index (χ2n) is 4.10. The highest BCUT2D eigenvalue weighted by Crippen LogP contribution is 2.29. The average Bonchev–Trinajstić information content (AvgIpc) is 2.65. The zero-order valence-electron chi connectivity index (χ0n) is 9.24. The van der Waals surface area contributed by atoms with Gasteiger partial charge in [0.05, 0.1) is 24.3 Å². The van der Waals surface area contributed by atoms with Gasteiger partial charge < -0.3 is 15.2 Å². The molecule has 0 amide bonds. The molecule has 0 bridgehead atoms. The standard InChI is InChI=1S/C12H16ClNO2/c1-16-12-6-5-8(7-9(12)13)14-10-3-2-4-11(10)15/h5-7,10-11,14-15H,2-4H2,1H3/t10-,11-/m1/s1. The highest BCUT2D eigenvalue weighted by molar-refractivity contribution is 6.32. The quantitative estimate of drug-likeness (QED) is 0.855. The third-order valence-electron chi connectivity index (χ3n) is 2.98. The average molecular weight is 242 g/mol. The monoisotopic (exact) mass is 241 g/mol. The van der Waals surface area contributed by atoms with Gasteiger partial charge in [0.1, 0.15) is 5.75 Å². The number of ether oxygens (including phenoxy) is 1. The minimum atomic E-state index is -0.249. The Bertz CT molecular complexity index is 370. The summed E-state index contributed by atoms with van der Waals surface area (Å²) in [5.74, 6) is 0.666. The van der Waals surface area contributed by atoms with E-state index in [0.29, 0.717) is 10.8 Å². The third-order valence-corrected chi connectivity index (χ3v) is 3.28. The lowest BCUT2D eigenvalue weighted by atomic mass is 10.2. The molecular formula is C12H16ClNO2. The van der Waals surface area contributed by atoms with E-state index < -0.39 is 0 Å². The molecule has 0 saturated heterocycles. The molecule has 0 aliphatic heterocycles. The lowest BCUT2D eigenvalue weighted by Gasteiger charge is -2.18. The Morgan fingerprint density at radius 2 is 2.25 bits per heavy atom. The Balaban J connectivity index is 2.07. The molecule has 0 radical (unpaired) electrons. The molecule has 1 aliphatic carbocycles. The number of hydrogen-bond acceptors (Lipinski definition) is 3. The van der Waals surface area contributed by atoms with Gasteiger partial charge in [0.15, 0.2) is 0 Å². The second-order valence-corrected chi connectivity index (χ2v) is 4.51. The molecule has 2 rings (SSSR count). The van der Waals surface area contributed by atoms with Crippen molar-refractivity contribution in [3.05, 3.63) is 23.2 Å². The second kappa shape index (κ2) is 4.93. The van der Waals surface area contributed by atoms with E-state index in [0.717, 1.165) is 24.9 Å². The number of hydrogen-bond donors (Lipinski definition) is 2. The van der Waals surface area contributed by atoms with E-state index in [4.69, 9.17) is 16.3 Å². The summed E-state index contributed by atoms with van der Waals surface area (Å²) in [5, 5.41) is 13.6. The largest absolute Gasteiger partial charge is 0.495 e. The Morgan fingerprint density at radius 1 is 1.44 bits per heavy atom. The molecule has 1 aliphatic rings. The van der Waals surface area contributed by atoms with Crippen molar-refractivity contribution in [2.45, 2.75) is 31.4 Å². The molecule has 4 heteroatoms. The van der Waals surface area contributed by atoms with Crippen LogP contribution in [-0.4, -0.2) is 24.4 Å². The maximum absolute atomic E-state index is 9.70. The van der Waals surface area contributed by atoms with Crippen LogP contribution in [0.15, 0.2) is 18.2 Å². The van der Waals surface area contributed by atoms with E-state index in [2.05, 4.69) is 5.32 Å². The van der Waals surface area contributed by atoms with Crippen LogP contribution in [0, 0.1) is 0 Å². The van der Waals surface area contributed by atoms with Crippen molar-refractivity contribution in [2.24, 2.45) is 0 Å². The van der Waals surface area contributed by atoms with Crippen LogP contribution in [0.1, 0.15) is 19.3 Å². The number of benzene rings is 1. The SMILES string of the molecule is COc1ccc(N[C@@H]2CCC[C@H]2O)cc1Cl. The number of aliphatic hydroxyl groups is 1. The first-order chi connectivity index (χ1) is 7.70. The molecular weight excluding hydrogens is 226 g/mol. The molecule has 2 N–H and O–H groups in total. The maximum atomic E-state index is 9.70. The van der Waals surface area contributed by atoms with Crippen LogP contribution in [0.5, 0.6) is 5.75 Å². The summed E-state index contributed by atoms with van der Waals surface area (Å²) >= 11 is 6.02. The third kappa shape index (κ3) is 2.42. The number of halogens is 1. The van der Waals surface area contributed by atoms with E-state index in [1.165, 1.54) is 0 Å². The van der Waals surface area contributed by atoms with Gasteiger partial charge in [-0.3, -0.25) is 0 Å². The van der Waals surface area contributed by atoms with E-state index in [9.17, 15) is 5.11 Å². The smallest absolute Gasteiger partial charge is 0.137 e. The predicted molar refractivity (Wildman–Crippen MR) is 65.3 cm³/mol. The lowest BCUT2D eigenvalue weighted by molar-refractivity contribution is 0.172. The Kier molecular flexibility index (Phi) is 3.56. The molecule has 1 fully saturated rings. The summed E-state index contributed by atoms with van der Waals surface area (Å²) in [5.41, 5.74) is 0.928. The van der Waals surface area contributed by atoms with Gasteiger partial charge >= 0.3 is 0 Å². The van der Waals surface area contributed by atoms with Crippen molar-refractivity contribution in [3.63, 3.8) is 0 Å². The van der Waals surface area contributed by atoms with Gasteiger partial charge in [0.25, 0.3) is 0 Å². The van der Waals surface area contributed by atoms with E-state index in [-0.39, 0.29) is 12.1 Å². The first-order valence-electron chi connectivity index (χ1n) is 5.49. The molecule has 0 unspecified atom stereocenters. The zero-order valence-corrected chi connectivity index (χ0v) is 10.00. The molecule has 1 aromatic carbocycles. The molecule has 1 aromatic rings. The number of rotatable bonds is 3. The van der Waals surface area contributed by atoms with Crippen LogP contribution in [0.25, 0.3) is 0 Å². The van der Waals surface area contributed by atoms with E-state index in [1.807, 2.05) is 18.2 Å². The topological polar surface area (TPSA) is 41.5 Å². The fourth-order valence-corrected chi connectivity index (χ4v) is 2.34. The van der Waals surface area contributed by atoms with Gasteiger partial charge in [0, 0.05) is 5.69 Å². The molecule has 0 heterocycles. The van der Waals surface area contributed by atoms with Crippen LogP contribution in [0.2, 0.25) is 5.02 Å². The van der Waals surface area contributed by atoms with E-state index >= 15 is 0 Å². The van der Waals surface area contributed by atoms with E-state index in [1.54, 1.807) is 7.11 Å². The fraction of sp³-hybridized carbons (Fsp3) is 0.500. The first kappa shape index (κ1) is 11.6. The Hall–Kier alpha value is -0.930. The number of anilines is 1. The van der Waals surface area contributed by atoms with Gasteiger partial charge in [-0.05, 0) is 37.5 Å². The summed E-state index contributed by atoms with van der Waals surface area (Å²) in [6.07, 6.45) is 2.70. The van der Waals surface area contributed by atoms with Crippen molar-refractivity contribution in [3.8, 4) is 5.75 Å². The summed E-state index contributed by atoms with van der Waals surface area (Å²) < 4.78 is 5.08. The van der Waals surface area contributed by atoms with Crippen LogP contribution >= 0.6 is 11.6 Å². The molecule has 0 aromatic heterocycles. The summed E-state index contributed by atoms with van der Waals surface area (Å²) in [7, 11) is 1.59. The minimum Gasteiger partial charge on any atom is -0.495 e. The maximum Gasteiger partial charge on any atom is 0.137 e. The van der Waals surface area contributed by atoms with Gasteiger partial charge in [-0.15, -0.1) is 0 Å². The fourth-order valence-electron chi connectivity index (χ4n) is 2.08. The highest BCUT2D eigenvalue weighted by atomic mass is 35.5. The van der Waals surface area contributed by atoms with Crippen molar-refractivity contribution in [2.75, 3.05) is 12.4 Å². The van der Waals surface area contributed by atoms with Crippen LogP contribution in [0.4, 0.5) is 5.69 Å². The first-order valence-corrected chi connectivity index (χ1v) is 5.86. The van der Waals surface area contributed by atoms with Gasteiger partial charge in [-0.2, -0.15) is 0 Å². The number of aliphatic hydroxyl groups excluding tert-OH is 1. The predicted octanol–water partition coefficient (Wildman–Crippen LogP) is 2.67. The number of methoxy groups -OCH3 is 1.